The Morgan fingerprint density at radius 1 is 1.00 bits per heavy atom. The summed E-state index contributed by atoms with van der Waals surface area (Å²) in [6, 6.07) is 10.9. The zero-order valence-corrected chi connectivity index (χ0v) is 15.2. The Kier molecular flexibility index (Phi) is 8.35. The highest BCUT2D eigenvalue weighted by Gasteiger charge is 2.17. The number of benzene rings is 1. The van der Waals surface area contributed by atoms with Crippen LogP contribution in [0.15, 0.2) is 30.3 Å². The molecule has 0 aromatic heterocycles. The van der Waals surface area contributed by atoms with E-state index in [1.165, 1.54) is 63.3 Å². The van der Waals surface area contributed by atoms with Gasteiger partial charge in [0.25, 0.3) is 0 Å². The van der Waals surface area contributed by atoms with Crippen LogP contribution in [0.25, 0.3) is 0 Å². The van der Waals surface area contributed by atoms with E-state index < -0.39 is 0 Å². The van der Waals surface area contributed by atoms with Crippen LogP contribution in [-0.4, -0.2) is 53.5 Å². The van der Waals surface area contributed by atoms with Crippen LogP contribution in [0.4, 0.5) is 0 Å². The van der Waals surface area contributed by atoms with E-state index >= 15 is 0 Å². The van der Waals surface area contributed by atoms with Gasteiger partial charge in [0, 0.05) is 50.3 Å². The number of rotatable bonds is 9. The number of hydrogen-bond acceptors (Lipinski definition) is 3. The summed E-state index contributed by atoms with van der Waals surface area (Å²) in [7, 11) is 0. The van der Waals surface area contributed by atoms with Gasteiger partial charge in [0.2, 0.25) is 0 Å². The predicted octanol–water partition coefficient (Wildman–Crippen LogP) is 4.12. The van der Waals surface area contributed by atoms with Crippen molar-refractivity contribution >= 4 is 11.8 Å². The summed E-state index contributed by atoms with van der Waals surface area (Å²) in [6.07, 6.45) is 4.03. The molecule has 0 aliphatic carbocycles. The minimum Gasteiger partial charge on any atom is -0.300 e. The highest BCUT2D eigenvalue weighted by Crippen LogP contribution is 2.19. The maximum Gasteiger partial charge on any atom is 0.0234 e. The Labute approximate surface area is 141 Å². The van der Waals surface area contributed by atoms with Gasteiger partial charge >= 0.3 is 0 Å². The van der Waals surface area contributed by atoms with Gasteiger partial charge < -0.3 is 0 Å². The minimum absolute atomic E-state index is 0.879. The highest BCUT2D eigenvalue weighted by atomic mass is 32.2. The summed E-state index contributed by atoms with van der Waals surface area (Å²) in [5.41, 5.74) is 1.44. The monoisotopic (exact) mass is 320 g/mol. The van der Waals surface area contributed by atoms with Gasteiger partial charge in [-0.3, -0.25) is 9.80 Å². The molecular weight excluding hydrogens is 288 g/mol. The molecule has 1 aromatic carbocycles. The second kappa shape index (κ2) is 10.3. The zero-order chi connectivity index (χ0) is 15.6. The molecule has 1 saturated heterocycles. The molecule has 0 radical (unpaired) electrons. The summed E-state index contributed by atoms with van der Waals surface area (Å²) >= 11 is 2.19. The fourth-order valence-corrected chi connectivity index (χ4v) is 4.42. The number of piperazine rings is 1. The molecule has 2 nitrogen and oxygen atoms in total. The first kappa shape index (κ1) is 17.8. The van der Waals surface area contributed by atoms with Gasteiger partial charge in [-0.15, -0.1) is 0 Å². The molecular formula is C19H32N2S. The molecule has 1 fully saturated rings. The second-order valence-corrected chi connectivity index (χ2v) is 7.70. The lowest BCUT2D eigenvalue weighted by molar-refractivity contribution is 0.133. The SMILES string of the molecule is CCCC(CC)SCCN1CCN(Cc2ccccc2)CC1. The normalized spacial score (nSPS) is 18.5. The molecule has 1 aromatic rings. The fraction of sp³-hybridized carbons (Fsp3) is 0.684. The average Bonchev–Trinajstić information content (AvgIpc) is 2.56. The molecule has 22 heavy (non-hydrogen) atoms. The van der Waals surface area contributed by atoms with E-state index in [9.17, 15) is 0 Å². The van der Waals surface area contributed by atoms with E-state index in [4.69, 9.17) is 0 Å². The molecule has 1 aliphatic heterocycles. The number of thioether (sulfide) groups is 1. The third-order valence-electron chi connectivity index (χ3n) is 4.54. The lowest BCUT2D eigenvalue weighted by Gasteiger charge is -2.34. The van der Waals surface area contributed by atoms with Crippen LogP contribution in [-0.2, 0) is 6.54 Å². The Morgan fingerprint density at radius 2 is 1.68 bits per heavy atom. The average molecular weight is 321 g/mol. The molecule has 1 aliphatic rings. The second-order valence-electron chi connectivity index (χ2n) is 6.29. The largest absolute Gasteiger partial charge is 0.300 e. The van der Waals surface area contributed by atoms with Crippen molar-refractivity contribution < 1.29 is 0 Å². The molecule has 0 bridgehead atoms. The van der Waals surface area contributed by atoms with Crippen molar-refractivity contribution in [2.75, 3.05) is 38.5 Å². The Hall–Kier alpha value is -0.510. The molecule has 0 amide bonds. The lowest BCUT2D eigenvalue weighted by atomic mass is 10.2. The maximum atomic E-state index is 2.65. The smallest absolute Gasteiger partial charge is 0.0234 e. The van der Waals surface area contributed by atoms with Crippen LogP contribution < -0.4 is 0 Å². The maximum absolute atomic E-state index is 2.65. The van der Waals surface area contributed by atoms with Gasteiger partial charge in [-0.05, 0) is 18.4 Å². The first-order valence-corrected chi connectivity index (χ1v) is 9.97. The zero-order valence-electron chi connectivity index (χ0n) is 14.3. The summed E-state index contributed by atoms with van der Waals surface area (Å²) in [6.45, 7) is 11.9. The molecule has 124 valence electrons. The first-order chi connectivity index (χ1) is 10.8. The molecule has 1 atom stereocenters. The Balaban J connectivity index is 1.61. The molecule has 0 spiro atoms. The lowest BCUT2D eigenvalue weighted by Crippen LogP contribution is -2.46. The van der Waals surface area contributed by atoms with E-state index in [1.807, 2.05) is 0 Å². The Bertz CT molecular complexity index is 388. The highest BCUT2D eigenvalue weighted by molar-refractivity contribution is 7.99. The van der Waals surface area contributed by atoms with Gasteiger partial charge in [0.15, 0.2) is 0 Å². The minimum atomic E-state index is 0.879. The molecule has 0 N–H and O–H groups in total. The van der Waals surface area contributed by atoms with Gasteiger partial charge in [0.1, 0.15) is 0 Å². The van der Waals surface area contributed by atoms with E-state index in [2.05, 4.69) is 65.7 Å². The fourth-order valence-electron chi connectivity index (χ4n) is 3.09. The van der Waals surface area contributed by atoms with Crippen LogP contribution in [0.3, 0.4) is 0 Å². The van der Waals surface area contributed by atoms with Gasteiger partial charge in [-0.25, -0.2) is 0 Å². The summed E-state index contributed by atoms with van der Waals surface area (Å²) < 4.78 is 0. The first-order valence-electron chi connectivity index (χ1n) is 8.92. The third-order valence-corrected chi connectivity index (χ3v) is 6.00. The number of hydrogen-bond donors (Lipinski definition) is 0. The van der Waals surface area contributed by atoms with Gasteiger partial charge in [-0.1, -0.05) is 50.6 Å². The van der Waals surface area contributed by atoms with Crippen molar-refractivity contribution in [2.45, 2.75) is 44.9 Å². The predicted molar refractivity (Wildman–Crippen MR) is 99.6 cm³/mol. The van der Waals surface area contributed by atoms with E-state index in [1.54, 1.807) is 0 Å². The van der Waals surface area contributed by atoms with E-state index in [0.29, 0.717) is 0 Å². The van der Waals surface area contributed by atoms with Crippen molar-refractivity contribution in [3.05, 3.63) is 35.9 Å². The molecule has 3 heteroatoms. The third kappa shape index (κ3) is 6.31. The van der Waals surface area contributed by atoms with Gasteiger partial charge in [0.05, 0.1) is 0 Å². The molecule has 1 unspecified atom stereocenters. The quantitative estimate of drug-likeness (QED) is 0.676. The van der Waals surface area contributed by atoms with Gasteiger partial charge in [-0.2, -0.15) is 11.8 Å². The van der Waals surface area contributed by atoms with Crippen molar-refractivity contribution in [1.82, 2.24) is 9.80 Å². The van der Waals surface area contributed by atoms with E-state index in [0.717, 1.165) is 11.8 Å². The van der Waals surface area contributed by atoms with Crippen molar-refractivity contribution in [3.63, 3.8) is 0 Å². The Morgan fingerprint density at radius 3 is 2.32 bits per heavy atom. The van der Waals surface area contributed by atoms with Crippen molar-refractivity contribution in [1.29, 1.82) is 0 Å². The standard InChI is InChI=1S/C19H32N2S/c1-3-8-19(4-2)22-16-15-20-11-13-21(14-12-20)17-18-9-6-5-7-10-18/h5-7,9-10,19H,3-4,8,11-17H2,1-2H3. The number of nitrogens with zero attached hydrogens (tertiary/aromatic N) is 2. The summed E-state index contributed by atoms with van der Waals surface area (Å²) in [5.74, 6) is 1.30. The van der Waals surface area contributed by atoms with Crippen LogP contribution in [0.2, 0.25) is 0 Å². The summed E-state index contributed by atoms with van der Waals surface area (Å²) in [4.78, 5) is 5.23. The summed E-state index contributed by atoms with van der Waals surface area (Å²) in [5, 5.41) is 0.879. The van der Waals surface area contributed by atoms with Crippen molar-refractivity contribution in [3.8, 4) is 0 Å². The van der Waals surface area contributed by atoms with E-state index in [-0.39, 0.29) is 0 Å². The van der Waals surface area contributed by atoms with Crippen LogP contribution >= 0.6 is 11.8 Å². The molecule has 1 heterocycles. The topological polar surface area (TPSA) is 6.48 Å². The molecule has 0 saturated carbocycles. The van der Waals surface area contributed by atoms with Crippen molar-refractivity contribution in [2.24, 2.45) is 0 Å². The molecule has 2 rings (SSSR count). The van der Waals surface area contributed by atoms with Crippen LogP contribution in [0, 0.1) is 0 Å². The van der Waals surface area contributed by atoms with Crippen LogP contribution in [0.1, 0.15) is 38.7 Å². The van der Waals surface area contributed by atoms with Crippen LogP contribution in [0.5, 0.6) is 0 Å².